The van der Waals surface area contributed by atoms with Gasteiger partial charge in [0.05, 0.1) is 6.61 Å². The molecule has 6 nitrogen and oxygen atoms in total. The first-order chi connectivity index (χ1) is 11.5. The Labute approximate surface area is 141 Å². The van der Waals surface area contributed by atoms with Crippen molar-refractivity contribution in [3.8, 4) is 5.75 Å². The summed E-state index contributed by atoms with van der Waals surface area (Å²) in [6, 6.07) is 10.8. The molecule has 126 valence electrons. The second-order valence-electron chi connectivity index (χ2n) is 5.39. The third-order valence-corrected chi connectivity index (χ3v) is 3.23. The Morgan fingerprint density at radius 1 is 1.12 bits per heavy atom. The average Bonchev–Trinajstić information content (AvgIpc) is 2.57. The maximum atomic E-state index is 11.8. The largest absolute Gasteiger partial charge is 0.462 e. The molecule has 0 atom stereocenters. The van der Waals surface area contributed by atoms with Crippen molar-refractivity contribution >= 4 is 12.1 Å². The van der Waals surface area contributed by atoms with E-state index in [-0.39, 0.29) is 5.97 Å². The van der Waals surface area contributed by atoms with Gasteiger partial charge in [-0.05, 0) is 37.3 Å². The normalized spacial score (nSPS) is 10.1. The van der Waals surface area contributed by atoms with E-state index in [1.54, 1.807) is 51.5 Å². The smallest absolute Gasteiger partial charge is 0.414 e. The van der Waals surface area contributed by atoms with Crippen LogP contribution in [0, 0.1) is 0 Å². The molecule has 1 amide bonds. The molecule has 1 aromatic carbocycles. The molecule has 0 bridgehead atoms. The van der Waals surface area contributed by atoms with Gasteiger partial charge in [-0.15, -0.1) is 0 Å². The molecule has 0 unspecified atom stereocenters. The monoisotopic (exact) mass is 329 g/mol. The molecule has 0 saturated heterocycles. The van der Waals surface area contributed by atoms with Crippen LogP contribution < -0.4 is 9.30 Å². The Bertz CT molecular complexity index is 711. The van der Waals surface area contributed by atoms with Gasteiger partial charge >= 0.3 is 12.1 Å². The Kier molecular flexibility index (Phi) is 5.89. The summed E-state index contributed by atoms with van der Waals surface area (Å²) in [4.78, 5) is 24.6. The van der Waals surface area contributed by atoms with E-state index in [1.807, 2.05) is 22.9 Å². The lowest BCUT2D eigenvalue weighted by atomic mass is 10.2. The number of nitrogens with zero attached hydrogens (tertiary/aromatic N) is 2. The minimum absolute atomic E-state index is 0.335. The summed E-state index contributed by atoms with van der Waals surface area (Å²) in [5, 5.41) is 0. The Morgan fingerprint density at radius 2 is 1.83 bits per heavy atom. The van der Waals surface area contributed by atoms with Gasteiger partial charge in [-0.25, -0.2) is 9.59 Å². The van der Waals surface area contributed by atoms with E-state index in [2.05, 4.69) is 0 Å². The molecule has 1 heterocycles. The van der Waals surface area contributed by atoms with Crippen molar-refractivity contribution in [1.82, 2.24) is 4.90 Å². The fraction of sp³-hybridized carbons (Fsp3) is 0.278. The highest BCUT2D eigenvalue weighted by molar-refractivity contribution is 5.88. The summed E-state index contributed by atoms with van der Waals surface area (Å²) < 4.78 is 12.1. The van der Waals surface area contributed by atoms with Gasteiger partial charge in [0.1, 0.15) is 11.3 Å². The number of hydrogen-bond acceptors (Lipinski definition) is 4. The zero-order valence-corrected chi connectivity index (χ0v) is 14.1. The topological polar surface area (TPSA) is 59.7 Å². The number of carbonyl (C=O) groups is 2. The minimum atomic E-state index is -0.417. The van der Waals surface area contributed by atoms with Gasteiger partial charge in [0.2, 0.25) is 0 Å². The van der Waals surface area contributed by atoms with E-state index in [4.69, 9.17) is 9.47 Å². The number of rotatable bonds is 5. The molecule has 2 aromatic rings. The third kappa shape index (κ3) is 4.81. The zero-order valence-electron chi connectivity index (χ0n) is 14.1. The van der Waals surface area contributed by atoms with Gasteiger partial charge in [-0.2, -0.15) is 4.57 Å². The Morgan fingerprint density at radius 3 is 2.46 bits per heavy atom. The molecule has 0 aliphatic carbocycles. The first kappa shape index (κ1) is 17.5. The number of aromatic nitrogens is 1. The summed E-state index contributed by atoms with van der Waals surface area (Å²) in [7, 11) is 3.26. The highest BCUT2D eigenvalue weighted by atomic mass is 16.6. The quantitative estimate of drug-likeness (QED) is 0.624. The summed E-state index contributed by atoms with van der Waals surface area (Å²) >= 11 is 0. The van der Waals surface area contributed by atoms with Crippen molar-refractivity contribution in [1.29, 1.82) is 0 Å². The summed E-state index contributed by atoms with van der Waals surface area (Å²) in [6.07, 6.45) is 3.21. The van der Waals surface area contributed by atoms with Gasteiger partial charge in [0, 0.05) is 25.7 Å². The molecule has 1 aromatic heterocycles. The lowest BCUT2D eigenvalue weighted by Gasteiger charge is -2.10. The van der Waals surface area contributed by atoms with Crippen molar-refractivity contribution in [2.24, 2.45) is 0 Å². The lowest BCUT2D eigenvalue weighted by Crippen LogP contribution is -2.34. The molecule has 0 N–H and O–H groups in total. The van der Waals surface area contributed by atoms with Gasteiger partial charge in [-0.1, -0.05) is 0 Å². The fourth-order valence-corrected chi connectivity index (χ4v) is 2.02. The third-order valence-electron chi connectivity index (χ3n) is 3.23. The molecule has 0 fully saturated rings. The number of benzene rings is 1. The van der Waals surface area contributed by atoms with Crippen LogP contribution in [0.1, 0.15) is 22.8 Å². The van der Waals surface area contributed by atoms with Crippen LogP contribution in [0.2, 0.25) is 0 Å². The van der Waals surface area contributed by atoms with Crippen molar-refractivity contribution in [3.05, 3.63) is 59.9 Å². The van der Waals surface area contributed by atoms with E-state index < -0.39 is 6.09 Å². The van der Waals surface area contributed by atoms with Crippen LogP contribution in [0.25, 0.3) is 0 Å². The molecule has 2 rings (SSSR count). The van der Waals surface area contributed by atoms with Crippen LogP contribution in [0.4, 0.5) is 4.79 Å². The molecule has 0 aliphatic heterocycles. The first-order valence-electron chi connectivity index (χ1n) is 7.64. The zero-order chi connectivity index (χ0) is 17.5. The Balaban J connectivity index is 2.05. The van der Waals surface area contributed by atoms with Crippen LogP contribution in [0.5, 0.6) is 5.75 Å². The van der Waals surface area contributed by atoms with Crippen molar-refractivity contribution in [2.45, 2.75) is 13.5 Å². The standard InChI is InChI=1S/C18H21N2O4/c1-4-23-17(21)15-6-5-11-20(13-15)12-14-7-9-16(10-8-14)24-18(22)19(2)3/h5-11,13H,4,12H2,1-3H3/q+1. The summed E-state index contributed by atoms with van der Waals surface area (Å²) in [5.74, 6) is 0.153. The van der Waals surface area contributed by atoms with Crippen LogP contribution in [-0.4, -0.2) is 37.7 Å². The molecule has 6 heteroatoms. The van der Waals surface area contributed by atoms with Crippen molar-refractivity contribution in [2.75, 3.05) is 20.7 Å². The molecule has 24 heavy (non-hydrogen) atoms. The maximum Gasteiger partial charge on any atom is 0.414 e. The van der Waals surface area contributed by atoms with Gasteiger partial charge in [0.25, 0.3) is 0 Å². The van der Waals surface area contributed by atoms with Crippen molar-refractivity contribution in [3.63, 3.8) is 0 Å². The van der Waals surface area contributed by atoms with E-state index in [0.717, 1.165) is 5.56 Å². The summed E-state index contributed by atoms with van der Waals surface area (Å²) in [6.45, 7) is 2.72. The predicted molar refractivity (Wildman–Crippen MR) is 87.8 cm³/mol. The number of pyridine rings is 1. The number of amides is 1. The van der Waals surface area contributed by atoms with Crippen LogP contribution >= 0.6 is 0 Å². The van der Waals surface area contributed by atoms with Crippen molar-refractivity contribution < 1.29 is 23.6 Å². The number of hydrogen-bond donors (Lipinski definition) is 0. The predicted octanol–water partition coefficient (Wildman–Crippen LogP) is 2.26. The SMILES string of the molecule is CCOC(=O)c1ccc[n+](Cc2ccc(OC(=O)N(C)C)cc2)c1. The van der Waals surface area contributed by atoms with E-state index in [1.165, 1.54) is 4.90 Å². The number of esters is 1. The molecule has 0 aliphatic rings. The van der Waals surface area contributed by atoms with Crippen LogP contribution in [-0.2, 0) is 11.3 Å². The first-order valence-corrected chi connectivity index (χ1v) is 7.64. The van der Waals surface area contributed by atoms with Crippen LogP contribution in [0.3, 0.4) is 0 Å². The number of carbonyl (C=O) groups excluding carboxylic acids is 2. The fourth-order valence-electron chi connectivity index (χ4n) is 2.02. The second-order valence-corrected chi connectivity index (χ2v) is 5.39. The van der Waals surface area contributed by atoms with E-state index in [0.29, 0.717) is 24.5 Å². The minimum Gasteiger partial charge on any atom is -0.462 e. The average molecular weight is 329 g/mol. The number of ether oxygens (including phenoxy) is 2. The highest BCUT2D eigenvalue weighted by Crippen LogP contribution is 2.13. The molecule has 0 saturated carbocycles. The maximum absolute atomic E-state index is 11.8. The van der Waals surface area contributed by atoms with Gasteiger partial charge in [0.15, 0.2) is 18.9 Å². The van der Waals surface area contributed by atoms with Gasteiger partial charge < -0.3 is 14.4 Å². The van der Waals surface area contributed by atoms with E-state index >= 15 is 0 Å². The highest BCUT2D eigenvalue weighted by Gasteiger charge is 2.12. The molecular weight excluding hydrogens is 308 g/mol. The molecular formula is C18H21N2O4+. The Hall–Kier alpha value is -2.89. The second kappa shape index (κ2) is 8.10. The summed E-state index contributed by atoms with van der Waals surface area (Å²) in [5.41, 5.74) is 1.53. The van der Waals surface area contributed by atoms with Crippen LogP contribution in [0.15, 0.2) is 48.8 Å². The van der Waals surface area contributed by atoms with Gasteiger partial charge in [-0.3, -0.25) is 0 Å². The van der Waals surface area contributed by atoms with E-state index in [9.17, 15) is 9.59 Å². The molecule has 0 radical (unpaired) electrons. The lowest BCUT2D eigenvalue weighted by molar-refractivity contribution is -0.688. The molecule has 0 spiro atoms.